The first-order valence-electron chi connectivity index (χ1n) is 2.14. The third-order valence-electron chi connectivity index (χ3n) is 0.607. The van der Waals surface area contributed by atoms with Crippen LogP contribution in [0.4, 0.5) is 13.2 Å². The summed E-state index contributed by atoms with van der Waals surface area (Å²) in [6.07, 6.45) is -5.61. The summed E-state index contributed by atoms with van der Waals surface area (Å²) < 4.78 is 37.8. The van der Waals surface area contributed by atoms with Crippen molar-refractivity contribution < 1.29 is 17.9 Å². The summed E-state index contributed by atoms with van der Waals surface area (Å²) >= 11 is 0. The van der Waals surface area contributed by atoms with Gasteiger partial charge in [-0.05, 0) is 0 Å². The highest BCUT2D eigenvalue weighted by Crippen LogP contribution is 2.19. The number of methoxy groups -OCH3 is 1. The average Bonchev–Trinajstić information content (AvgIpc) is 1.62. The first-order valence-corrected chi connectivity index (χ1v) is 2.14. The Hall–Kier alpha value is -0.740. The van der Waals surface area contributed by atoms with E-state index in [0.717, 1.165) is 7.11 Å². The van der Waals surface area contributed by atoms with Gasteiger partial charge in [0.2, 0.25) is 0 Å². The molecule has 2 nitrogen and oxygen atoms in total. The van der Waals surface area contributed by atoms with Crippen molar-refractivity contribution in [3.05, 3.63) is 0 Å². The van der Waals surface area contributed by atoms with E-state index in [4.69, 9.17) is 5.41 Å². The molecule has 0 bridgehead atoms. The molecule has 0 rings (SSSR count). The maximum Gasteiger partial charge on any atom is 0.397 e. The van der Waals surface area contributed by atoms with E-state index in [9.17, 15) is 13.2 Å². The van der Waals surface area contributed by atoms with E-state index in [1.54, 1.807) is 0 Å². The van der Waals surface area contributed by atoms with E-state index < -0.39 is 18.5 Å². The molecule has 0 aliphatic heterocycles. The summed E-state index contributed by atoms with van der Waals surface area (Å²) in [7, 11) is 1.04. The highest BCUT2D eigenvalue weighted by molar-refractivity contribution is 5.72. The van der Waals surface area contributed by atoms with E-state index in [0.29, 0.717) is 0 Å². The lowest BCUT2D eigenvalue weighted by molar-refractivity contribution is -0.123. The van der Waals surface area contributed by atoms with Gasteiger partial charge in [0.25, 0.3) is 0 Å². The molecular formula is C4H6F3NO. The summed E-state index contributed by atoms with van der Waals surface area (Å²) in [5, 5.41) is 6.45. The second-order valence-corrected chi connectivity index (χ2v) is 1.42. The minimum absolute atomic E-state index is 0.762. The van der Waals surface area contributed by atoms with Gasteiger partial charge in [0, 0.05) is 0 Å². The zero-order valence-electron chi connectivity index (χ0n) is 4.75. The number of alkyl halides is 3. The van der Waals surface area contributed by atoms with E-state index in [1.165, 1.54) is 0 Å². The fourth-order valence-electron chi connectivity index (χ4n) is 0.254. The topological polar surface area (TPSA) is 33.1 Å². The van der Waals surface area contributed by atoms with Crippen LogP contribution in [0.15, 0.2) is 0 Å². The van der Waals surface area contributed by atoms with Gasteiger partial charge in [-0.1, -0.05) is 0 Å². The Labute approximate surface area is 50.1 Å². The van der Waals surface area contributed by atoms with Gasteiger partial charge >= 0.3 is 6.18 Å². The Morgan fingerprint density at radius 1 is 1.56 bits per heavy atom. The quantitative estimate of drug-likeness (QED) is 0.436. The Balaban J connectivity index is 3.60. The van der Waals surface area contributed by atoms with E-state index in [2.05, 4.69) is 4.74 Å². The summed E-state index contributed by atoms with van der Waals surface area (Å²) in [5.41, 5.74) is 0. The maximum absolute atomic E-state index is 11.3. The highest BCUT2D eigenvalue weighted by Gasteiger charge is 2.29. The van der Waals surface area contributed by atoms with Crippen LogP contribution in [0.2, 0.25) is 0 Å². The molecule has 1 N–H and O–H groups in total. The van der Waals surface area contributed by atoms with Crippen molar-refractivity contribution in [1.29, 1.82) is 5.41 Å². The van der Waals surface area contributed by atoms with Crippen molar-refractivity contribution in [2.75, 3.05) is 7.11 Å². The predicted molar refractivity (Wildman–Crippen MR) is 25.4 cm³/mol. The van der Waals surface area contributed by atoms with Crippen molar-refractivity contribution in [2.45, 2.75) is 12.6 Å². The van der Waals surface area contributed by atoms with E-state index in [-0.39, 0.29) is 0 Å². The summed E-state index contributed by atoms with van der Waals surface area (Å²) in [5.74, 6) is -0.762. The predicted octanol–water partition coefficient (Wildman–Crippen LogP) is 1.56. The molecule has 0 fully saturated rings. The minimum Gasteiger partial charge on any atom is -0.484 e. The third-order valence-corrected chi connectivity index (χ3v) is 0.607. The number of hydrogen-bond donors (Lipinski definition) is 1. The molecule has 0 heterocycles. The van der Waals surface area contributed by atoms with Crippen molar-refractivity contribution in [3.8, 4) is 0 Å². The first kappa shape index (κ1) is 8.26. The number of rotatable bonds is 1. The largest absolute Gasteiger partial charge is 0.484 e. The Morgan fingerprint density at radius 3 is 2.11 bits per heavy atom. The van der Waals surface area contributed by atoms with Gasteiger partial charge in [0.1, 0.15) is 6.42 Å². The number of nitrogens with one attached hydrogen (secondary N) is 1. The molecule has 9 heavy (non-hydrogen) atoms. The zero-order chi connectivity index (χ0) is 7.49. The SMILES string of the molecule is COC(=N)CC(F)(F)F. The van der Waals surface area contributed by atoms with Crippen molar-refractivity contribution in [3.63, 3.8) is 0 Å². The molecular weight excluding hydrogens is 135 g/mol. The van der Waals surface area contributed by atoms with E-state index in [1.807, 2.05) is 0 Å². The lowest BCUT2D eigenvalue weighted by Crippen LogP contribution is -2.15. The molecule has 0 aromatic heterocycles. The molecule has 0 spiro atoms. The molecule has 0 radical (unpaired) electrons. The summed E-state index contributed by atoms with van der Waals surface area (Å²) in [6.45, 7) is 0. The van der Waals surface area contributed by atoms with Gasteiger partial charge in [-0.15, -0.1) is 0 Å². The molecule has 0 atom stereocenters. The Kier molecular flexibility index (Phi) is 2.48. The van der Waals surface area contributed by atoms with Crippen molar-refractivity contribution >= 4 is 5.90 Å². The normalized spacial score (nSPS) is 11.1. The van der Waals surface area contributed by atoms with Crippen molar-refractivity contribution in [1.82, 2.24) is 0 Å². The molecule has 0 aromatic rings. The number of halogens is 3. The lowest BCUT2D eigenvalue weighted by atomic mass is 10.4. The van der Waals surface area contributed by atoms with Crippen LogP contribution in [0.3, 0.4) is 0 Å². The molecule has 0 saturated heterocycles. The third kappa shape index (κ3) is 5.13. The summed E-state index contributed by atoms with van der Waals surface area (Å²) in [6, 6.07) is 0. The van der Waals surface area contributed by atoms with Gasteiger partial charge in [-0.25, -0.2) is 0 Å². The van der Waals surface area contributed by atoms with Gasteiger partial charge in [-0.3, -0.25) is 5.41 Å². The zero-order valence-corrected chi connectivity index (χ0v) is 4.75. The van der Waals surface area contributed by atoms with Crippen LogP contribution in [0.1, 0.15) is 6.42 Å². The van der Waals surface area contributed by atoms with Crippen LogP contribution in [0.25, 0.3) is 0 Å². The molecule has 0 aliphatic carbocycles. The molecule has 54 valence electrons. The van der Waals surface area contributed by atoms with Gasteiger partial charge in [-0.2, -0.15) is 13.2 Å². The van der Waals surface area contributed by atoms with Crippen LogP contribution in [0.5, 0.6) is 0 Å². The van der Waals surface area contributed by atoms with Gasteiger partial charge < -0.3 is 4.74 Å². The van der Waals surface area contributed by atoms with Crippen LogP contribution >= 0.6 is 0 Å². The summed E-state index contributed by atoms with van der Waals surface area (Å²) in [4.78, 5) is 0. The molecule has 0 aromatic carbocycles. The second-order valence-electron chi connectivity index (χ2n) is 1.42. The molecule has 0 unspecified atom stereocenters. The Bertz CT molecular complexity index is 109. The fourth-order valence-corrected chi connectivity index (χ4v) is 0.254. The van der Waals surface area contributed by atoms with Crippen molar-refractivity contribution in [2.24, 2.45) is 0 Å². The average molecular weight is 141 g/mol. The van der Waals surface area contributed by atoms with E-state index >= 15 is 0 Å². The monoisotopic (exact) mass is 141 g/mol. The van der Waals surface area contributed by atoms with Crippen LogP contribution in [0, 0.1) is 5.41 Å². The van der Waals surface area contributed by atoms with Gasteiger partial charge in [0.05, 0.1) is 7.11 Å². The van der Waals surface area contributed by atoms with Crippen LogP contribution in [-0.4, -0.2) is 19.2 Å². The van der Waals surface area contributed by atoms with Crippen LogP contribution in [-0.2, 0) is 4.74 Å². The number of hydrogen-bond acceptors (Lipinski definition) is 2. The standard InChI is InChI=1S/C4H6F3NO/c1-9-3(8)2-4(5,6)7/h8H,2H2,1H3. The lowest BCUT2D eigenvalue weighted by Gasteiger charge is -2.04. The second kappa shape index (κ2) is 2.70. The maximum atomic E-state index is 11.3. The molecule has 0 aliphatic rings. The fraction of sp³-hybridized carbons (Fsp3) is 0.750. The minimum atomic E-state index is -4.33. The number of ether oxygens (including phenoxy) is 1. The molecule has 5 heteroatoms. The first-order chi connectivity index (χ1) is 3.95. The smallest absolute Gasteiger partial charge is 0.397 e. The Morgan fingerprint density at radius 2 is 2.00 bits per heavy atom. The molecule has 0 amide bonds. The van der Waals surface area contributed by atoms with Gasteiger partial charge in [0.15, 0.2) is 5.90 Å². The van der Waals surface area contributed by atoms with Crippen LogP contribution < -0.4 is 0 Å². The molecule has 0 saturated carbocycles. The highest BCUT2D eigenvalue weighted by atomic mass is 19.4.